The van der Waals surface area contributed by atoms with Crippen LogP contribution in [0.25, 0.3) is 10.8 Å². The molecule has 1 aromatic heterocycles. The molecule has 0 atom stereocenters. The van der Waals surface area contributed by atoms with E-state index >= 15 is 0 Å². The van der Waals surface area contributed by atoms with Crippen LogP contribution in [0.5, 0.6) is 5.75 Å². The standard InChI is InChI=1S/C23H33BrN2O4/c1-8-9-12-29-19-18-13-16(24)10-11-17(18)21(27)26(14-15(2)3)20(19)25(7)22(28)30-23(4,5)6/h10-11,13,15H,8-9,12,14H2,1-7H3. The summed E-state index contributed by atoms with van der Waals surface area (Å²) in [5.74, 6) is 1.14. The van der Waals surface area contributed by atoms with Crippen LogP contribution in [0.4, 0.5) is 10.6 Å². The molecule has 0 radical (unpaired) electrons. The summed E-state index contributed by atoms with van der Waals surface area (Å²) in [7, 11) is 1.62. The van der Waals surface area contributed by atoms with Gasteiger partial charge in [-0.25, -0.2) is 4.79 Å². The fourth-order valence-electron chi connectivity index (χ4n) is 3.12. The lowest BCUT2D eigenvalue weighted by Crippen LogP contribution is -2.38. The monoisotopic (exact) mass is 480 g/mol. The van der Waals surface area contributed by atoms with E-state index in [0.717, 1.165) is 17.3 Å². The molecule has 0 saturated heterocycles. The van der Waals surface area contributed by atoms with Gasteiger partial charge in [0.25, 0.3) is 5.56 Å². The zero-order chi connectivity index (χ0) is 22.6. The van der Waals surface area contributed by atoms with Crippen LogP contribution >= 0.6 is 15.9 Å². The number of aromatic nitrogens is 1. The molecule has 1 amide bonds. The van der Waals surface area contributed by atoms with Crippen LogP contribution in [0.1, 0.15) is 54.4 Å². The number of fused-ring (bicyclic) bond motifs is 1. The highest BCUT2D eigenvalue weighted by Crippen LogP contribution is 2.36. The van der Waals surface area contributed by atoms with Crippen LogP contribution in [0.2, 0.25) is 0 Å². The molecule has 0 N–H and O–H groups in total. The molecule has 0 aliphatic rings. The summed E-state index contributed by atoms with van der Waals surface area (Å²) < 4.78 is 14.2. The molecule has 0 saturated carbocycles. The number of pyridine rings is 1. The van der Waals surface area contributed by atoms with Gasteiger partial charge >= 0.3 is 6.09 Å². The molecule has 1 heterocycles. The number of halogens is 1. The highest BCUT2D eigenvalue weighted by atomic mass is 79.9. The first-order valence-corrected chi connectivity index (χ1v) is 11.2. The highest BCUT2D eigenvalue weighted by Gasteiger charge is 2.28. The van der Waals surface area contributed by atoms with Crippen molar-refractivity contribution in [1.82, 2.24) is 4.57 Å². The molecule has 30 heavy (non-hydrogen) atoms. The predicted molar refractivity (Wildman–Crippen MR) is 126 cm³/mol. The van der Waals surface area contributed by atoms with E-state index in [4.69, 9.17) is 9.47 Å². The average Bonchev–Trinajstić information content (AvgIpc) is 2.63. The van der Waals surface area contributed by atoms with Gasteiger partial charge in [0.05, 0.1) is 12.0 Å². The van der Waals surface area contributed by atoms with Gasteiger partial charge in [-0.1, -0.05) is 43.1 Å². The number of carbonyl (C=O) groups excluding carboxylic acids is 1. The third-order valence-corrected chi connectivity index (χ3v) is 4.93. The van der Waals surface area contributed by atoms with Crippen molar-refractivity contribution in [2.75, 3.05) is 18.6 Å². The number of ether oxygens (including phenoxy) is 2. The van der Waals surface area contributed by atoms with Gasteiger partial charge < -0.3 is 9.47 Å². The Bertz CT molecular complexity index is 960. The molecule has 6 nitrogen and oxygen atoms in total. The van der Waals surface area contributed by atoms with Gasteiger partial charge in [-0.05, 0) is 51.3 Å². The van der Waals surface area contributed by atoms with Crippen molar-refractivity contribution in [2.45, 2.75) is 66.5 Å². The summed E-state index contributed by atoms with van der Waals surface area (Å²) >= 11 is 3.49. The second-order valence-corrected chi connectivity index (χ2v) is 9.81. The Hall–Kier alpha value is -2.02. The number of benzene rings is 1. The van der Waals surface area contributed by atoms with E-state index in [1.807, 2.05) is 46.8 Å². The Balaban J connectivity index is 2.80. The summed E-state index contributed by atoms with van der Waals surface area (Å²) in [6, 6.07) is 5.50. The minimum atomic E-state index is -0.655. The number of hydrogen-bond donors (Lipinski definition) is 0. The first-order chi connectivity index (χ1) is 14.0. The molecule has 0 bridgehead atoms. The van der Waals surface area contributed by atoms with Gasteiger partial charge in [-0.15, -0.1) is 0 Å². The second-order valence-electron chi connectivity index (χ2n) is 8.89. The van der Waals surface area contributed by atoms with Crippen LogP contribution in [-0.4, -0.2) is 29.9 Å². The third kappa shape index (κ3) is 5.78. The second kappa shape index (κ2) is 9.86. The summed E-state index contributed by atoms with van der Waals surface area (Å²) in [5.41, 5.74) is -0.808. The maximum absolute atomic E-state index is 13.4. The van der Waals surface area contributed by atoms with Crippen LogP contribution in [-0.2, 0) is 11.3 Å². The number of amides is 1. The van der Waals surface area contributed by atoms with Crippen molar-refractivity contribution in [3.05, 3.63) is 33.0 Å². The van der Waals surface area contributed by atoms with Crippen molar-refractivity contribution in [3.8, 4) is 5.75 Å². The molecule has 2 aromatic rings. The maximum atomic E-state index is 13.4. The van der Waals surface area contributed by atoms with Crippen molar-refractivity contribution in [3.63, 3.8) is 0 Å². The van der Waals surface area contributed by atoms with Gasteiger partial charge in [-0.3, -0.25) is 14.3 Å². The normalized spacial score (nSPS) is 11.8. The third-order valence-electron chi connectivity index (χ3n) is 4.44. The Morgan fingerprint density at radius 3 is 2.47 bits per heavy atom. The maximum Gasteiger partial charge on any atom is 0.415 e. The van der Waals surface area contributed by atoms with Gasteiger partial charge in [0.2, 0.25) is 0 Å². The molecular formula is C23H33BrN2O4. The van der Waals surface area contributed by atoms with E-state index in [2.05, 4.69) is 22.9 Å². The van der Waals surface area contributed by atoms with Crippen LogP contribution in [0.15, 0.2) is 27.5 Å². The Morgan fingerprint density at radius 2 is 1.90 bits per heavy atom. The molecule has 0 aliphatic carbocycles. The first kappa shape index (κ1) is 24.3. The van der Waals surface area contributed by atoms with E-state index in [0.29, 0.717) is 35.5 Å². The molecule has 166 valence electrons. The van der Waals surface area contributed by atoms with Crippen LogP contribution < -0.4 is 15.2 Å². The smallest absolute Gasteiger partial charge is 0.415 e. The van der Waals surface area contributed by atoms with Crippen molar-refractivity contribution in [2.24, 2.45) is 5.92 Å². The molecular weight excluding hydrogens is 448 g/mol. The number of carbonyl (C=O) groups is 1. The van der Waals surface area contributed by atoms with Crippen molar-refractivity contribution in [1.29, 1.82) is 0 Å². The Kier molecular flexibility index (Phi) is 7.97. The fraction of sp³-hybridized carbons (Fsp3) is 0.565. The minimum Gasteiger partial charge on any atom is -0.489 e. The summed E-state index contributed by atoms with van der Waals surface area (Å²) in [6.45, 7) is 12.6. The number of nitrogens with zero attached hydrogens (tertiary/aromatic N) is 2. The lowest BCUT2D eigenvalue weighted by molar-refractivity contribution is 0.0585. The van der Waals surface area contributed by atoms with Gasteiger partial charge in [0.15, 0.2) is 11.6 Å². The van der Waals surface area contributed by atoms with Gasteiger partial charge in [-0.2, -0.15) is 0 Å². The predicted octanol–water partition coefficient (Wildman–Crippen LogP) is 5.97. The van der Waals surface area contributed by atoms with E-state index in [1.54, 1.807) is 17.7 Å². The minimum absolute atomic E-state index is 0.153. The molecule has 0 aliphatic heterocycles. The van der Waals surface area contributed by atoms with E-state index < -0.39 is 11.7 Å². The molecule has 0 unspecified atom stereocenters. The quantitative estimate of drug-likeness (QED) is 0.457. The van der Waals surface area contributed by atoms with Crippen molar-refractivity contribution >= 4 is 38.6 Å². The summed E-state index contributed by atoms with van der Waals surface area (Å²) in [6.07, 6.45) is 1.31. The molecule has 2 rings (SSSR count). The Labute approximate surface area is 187 Å². The topological polar surface area (TPSA) is 60.8 Å². The fourth-order valence-corrected chi connectivity index (χ4v) is 3.48. The first-order valence-electron chi connectivity index (χ1n) is 10.4. The van der Waals surface area contributed by atoms with E-state index in [9.17, 15) is 9.59 Å². The number of rotatable bonds is 7. The van der Waals surface area contributed by atoms with Gasteiger partial charge in [0, 0.05) is 23.5 Å². The summed E-state index contributed by atoms with van der Waals surface area (Å²) in [5, 5.41) is 1.24. The number of unbranched alkanes of at least 4 members (excludes halogenated alkanes) is 1. The molecule has 0 spiro atoms. The Morgan fingerprint density at radius 1 is 1.23 bits per heavy atom. The molecule has 1 aromatic carbocycles. The SMILES string of the molecule is CCCCOc1c(N(C)C(=O)OC(C)(C)C)n(CC(C)C)c(=O)c2ccc(Br)cc12. The zero-order valence-corrected chi connectivity index (χ0v) is 20.6. The van der Waals surface area contributed by atoms with E-state index in [1.165, 1.54) is 4.90 Å². The zero-order valence-electron chi connectivity index (χ0n) is 19.0. The summed E-state index contributed by atoms with van der Waals surface area (Å²) in [4.78, 5) is 27.7. The highest BCUT2D eigenvalue weighted by molar-refractivity contribution is 9.10. The molecule has 7 heteroatoms. The largest absolute Gasteiger partial charge is 0.489 e. The van der Waals surface area contributed by atoms with Gasteiger partial charge in [0.1, 0.15) is 5.60 Å². The lowest BCUT2D eigenvalue weighted by Gasteiger charge is -2.29. The number of anilines is 1. The average molecular weight is 481 g/mol. The van der Waals surface area contributed by atoms with Crippen LogP contribution in [0.3, 0.4) is 0 Å². The number of hydrogen-bond acceptors (Lipinski definition) is 4. The van der Waals surface area contributed by atoms with E-state index in [-0.39, 0.29) is 11.5 Å². The lowest BCUT2D eigenvalue weighted by atomic mass is 10.1. The molecule has 0 fully saturated rings. The van der Waals surface area contributed by atoms with Crippen molar-refractivity contribution < 1.29 is 14.3 Å². The van der Waals surface area contributed by atoms with Crippen LogP contribution in [0, 0.1) is 5.92 Å².